The number of hydrogen-bond donors (Lipinski definition) is 0. The van der Waals surface area contributed by atoms with Crippen LogP contribution in [0.4, 0.5) is 0 Å². The molecule has 114 valence electrons. The fourth-order valence-electron chi connectivity index (χ4n) is 2.67. The van der Waals surface area contributed by atoms with Crippen molar-refractivity contribution >= 4 is 29.3 Å². The van der Waals surface area contributed by atoms with E-state index in [4.69, 9.17) is 25.8 Å². The summed E-state index contributed by atoms with van der Waals surface area (Å²) in [4.78, 5) is 13.1. The maximum Gasteiger partial charge on any atom is 0.319 e. The lowest BCUT2D eigenvalue weighted by atomic mass is 9.98. The third-order valence-electron chi connectivity index (χ3n) is 3.58. The Bertz CT molecular complexity index is 542. The second-order valence-electron chi connectivity index (χ2n) is 5.01. The Kier molecular flexibility index (Phi) is 4.45. The van der Waals surface area contributed by atoms with Gasteiger partial charge in [0, 0.05) is 21.9 Å². The van der Waals surface area contributed by atoms with E-state index in [1.807, 2.05) is 25.1 Å². The monoisotopic (exact) mass is 328 g/mol. The highest BCUT2D eigenvalue weighted by Crippen LogP contribution is 2.49. The second kappa shape index (κ2) is 6.16. The third-order valence-corrected chi connectivity index (χ3v) is 5.07. The topological polar surface area (TPSA) is 44.8 Å². The first-order valence-electron chi connectivity index (χ1n) is 7.06. The molecule has 4 nitrogen and oxygen atoms in total. The Balaban J connectivity index is 1.98. The standard InChI is InChI=1S/C15H17ClO4S/c1-2-18-14(17)13-9-15(19-6-3-7-20-15)11-8-10(16)4-5-12(11)21-13/h4-5,8,13H,2-3,6-7,9H2,1H3. The van der Waals surface area contributed by atoms with Gasteiger partial charge in [0.2, 0.25) is 0 Å². The lowest BCUT2D eigenvalue weighted by Crippen LogP contribution is -2.44. The van der Waals surface area contributed by atoms with Crippen LogP contribution < -0.4 is 0 Å². The molecule has 2 aliphatic heterocycles. The first-order valence-corrected chi connectivity index (χ1v) is 8.31. The van der Waals surface area contributed by atoms with Crippen molar-refractivity contribution in [2.24, 2.45) is 0 Å². The Hall–Kier alpha value is -0.750. The number of benzene rings is 1. The zero-order valence-electron chi connectivity index (χ0n) is 11.8. The van der Waals surface area contributed by atoms with Crippen molar-refractivity contribution in [2.45, 2.75) is 35.7 Å². The molecule has 1 aromatic carbocycles. The highest BCUT2D eigenvalue weighted by molar-refractivity contribution is 8.00. The van der Waals surface area contributed by atoms with Crippen LogP contribution in [0.25, 0.3) is 0 Å². The van der Waals surface area contributed by atoms with E-state index in [2.05, 4.69) is 0 Å². The maximum absolute atomic E-state index is 12.1. The van der Waals surface area contributed by atoms with Crippen LogP contribution in [0.5, 0.6) is 0 Å². The van der Waals surface area contributed by atoms with Gasteiger partial charge in [-0.15, -0.1) is 11.8 Å². The van der Waals surface area contributed by atoms with Crippen molar-refractivity contribution < 1.29 is 19.0 Å². The van der Waals surface area contributed by atoms with Crippen LogP contribution in [0.15, 0.2) is 23.1 Å². The Morgan fingerprint density at radius 1 is 1.48 bits per heavy atom. The van der Waals surface area contributed by atoms with E-state index in [9.17, 15) is 4.79 Å². The Morgan fingerprint density at radius 3 is 2.95 bits per heavy atom. The number of ether oxygens (including phenoxy) is 3. The van der Waals surface area contributed by atoms with Gasteiger partial charge in [0.05, 0.1) is 19.8 Å². The number of fused-ring (bicyclic) bond motifs is 2. The largest absolute Gasteiger partial charge is 0.465 e. The SMILES string of the molecule is CCOC(=O)C1CC2(OCCCO2)c2cc(Cl)ccc2S1. The van der Waals surface area contributed by atoms with Gasteiger partial charge < -0.3 is 14.2 Å². The molecule has 1 aromatic rings. The van der Waals surface area contributed by atoms with Gasteiger partial charge in [-0.3, -0.25) is 4.79 Å². The molecule has 0 saturated carbocycles. The fourth-order valence-corrected chi connectivity index (χ4v) is 4.10. The van der Waals surface area contributed by atoms with Crippen LogP contribution >= 0.6 is 23.4 Å². The summed E-state index contributed by atoms with van der Waals surface area (Å²) in [7, 11) is 0. The molecule has 0 amide bonds. The molecule has 0 radical (unpaired) electrons. The van der Waals surface area contributed by atoms with Gasteiger partial charge in [-0.25, -0.2) is 0 Å². The molecule has 2 heterocycles. The predicted molar refractivity (Wildman–Crippen MR) is 80.5 cm³/mol. The molecule has 1 unspecified atom stereocenters. The van der Waals surface area contributed by atoms with Crippen molar-refractivity contribution in [3.05, 3.63) is 28.8 Å². The van der Waals surface area contributed by atoms with Gasteiger partial charge in [0.25, 0.3) is 0 Å². The van der Waals surface area contributed by atoms with E-state index in [1.54, 1.807) is 0 Å². The molecule has 0 aliphatic carbocycles. The van der Waals surface area contributed by atoms with Crippen LogP contribution in [0.3, 0.4) is 0 Å². The van der Waals surface area contributed by atoms with Crippen molar-refractivity contribution in [1.29, 1.82) is 0 Å². The Labute approximate surface area is 133 Å². The van der Waals surface area contributed by atoms with Crippen LogP contribution in [0.1, 0.15) is 25.3 Å². The summed E-state index contributed by atoms with van der Waals surface area (Å²) < 4.78 is 17.0. The van der Waals surface area contributed by atoms with E-state index >= 15 is 0 Å². The molecule has 0 bridgehead atoms. The van der Waals surface area contributed by atoms with Crippen LogP contribution in [0, 0.1) is 0 Å². The minimum absolute atomic E-state index is 0.222. The molecule has 3 rings (SSSR count). The molecule has 1 fully saturated rings. The molecule has 21 heavy (non-hydrogen) atoms. The highest BCUT2D eigenvalue weighted by Gasteiger charge is 2.47. The van der Waals surface area contributed by atoms with E-state index in [0.717, 1.165) is 16.9 Å². The molecule has 2 aliphatic rings. The Morgan fingerprint density at radius 2 is 2.24 bits per heavy atom. The average molecular weight is 329 g/mol. The number of carbonyl (C=O) groups is 1. The van der Waals surface area contributed by atoms with Crippen molar-refractivity contribution in [2.75, 3.05) is 19.8 Å². The zero-order chi connectivity index (χ0) is 14.9. The van der Waals surface area contributed by atoms with Gasteiger partial charge in [-0.2, -0.15) is 0 Å². The van der Waals surface area contributed by atoms with Gasteiger partial charge >= 0.3 is 5.97 Å². The van der Waals surface area contributed by atoms with Gasteiger partial charge in [0.1, 0.15) is 5.25 Å². The van der Waals surface area contributed by atoms with Crippen LogP contribution in [-0.4, -0.2) is 31.0 Å². The summed E-state index contributed by atoms with van der Waals surface area (Å²) in [6.45, 7) is 3.42. The predicted octanol–water partition coefficient (Wildman–Crippen LogP) is 3.36. The number of thioether (sulfide) groups is 1. The van der Waals surface area contributed by atoms with Crippen molar-refractivity contribution in [3.63, 3.8) is 0 Å². The first-order chi connectivity index (χ1) is 10.1. The molecule has 1 spiro atoms. The summed E-state index contributed by atoms with van der Waals surface area (Å²) in [5.41, 5.74) is 0.917. The second-order valence-corrected chi connectivity index (χ2v) is 6.69. The number of carbonyl (C=O) groups excluding carboxylic acids is 1. The first kappa shape index (κ1) is 15.2. The molecule has 6 heteroatoms. The molecular formula is C15H17ClO4S. The van der Waals surface area contributed by atoms with Gasteiger partial charge in [0.15, 0.2) is 5.79 Å². The fraction of sp³-hybridized carbons (Fsp3) is 0.533. The lowest BCUT2D eigenvalue weighted by molar-refractivity contribution is -0.282. The van der Waals surface area contributed by atoms with Gasteiger partial charge in [-0.05, 0) is 31.5 Å². The van der Waals surface area contributed by atoms with E-state index in [1.165, 1.54) is 11.8 Å². The molecule has 1 saturated heterocycles. The summed E-state index contributed by atoms with van der Waals surface area (Å²) >= 11 is 7.60. The molecule has 1 atom stereocenters. The lowest BCUT2D eigenvalue weighted by Gasteiger charge is -2.43. The molecule has 0 aromatic heterocycles. The van der Waals surface area contributed by atoms with Crippen LogP contribution in [-0.2, 0) is 24.8 Å². The smallest absolute Gasteiger partial charge is 0.319 e. The summed E-state index contributed by atoms with van der Waals surface area (Å²) in [5.74, 6) is -1.10. The molecular weight excluding hydrogens is 312 g/mol. The third kappa shape index (κ3) is 2.93. The minimum Gasteiger partial charge on any atom is -0.465 e. The minimum atomic E-state index is -0.874. The summed E-state index contributed by atoms with van der Waals surface area (Å²) in [5, 5.41) is 0.317. The van der Waals surface area contributed by atoms with E-state index < -0.39 is 5.79 Å². The maximum atomic E-state index is 12.1. The number of esters is 1. The van der Waals surface area contributed by atoms with Crippen molar-refractivity contribution in [1.82, 2.24) is 0 Å². The molecule has 0 N–H and O–H groups in total. The van der Waals surface area contributed by atoms with Crippen molar-refractivity contribution in [3.8, 4) is 0 Å². The van der Waals surface area contributed by atoms with Gasteiger partial charge in [-0.1, -0.05) is 11.6 Å². The quantitative estimate of drug-likeness (QED) is 0.779. The number of hydrogen-bond acceptors (Lipinski definition) is 5. The van der Waals surface area contributed by atoms with Crippen LogP contribution in [0.2, 0.25) is 5.02 Å². The number of halogens is 1. The average Bonchev–Trinajstić information content (AvgIpc) is 2.49. The highest BCUT2D eigenvalue weighted by atomic mass is 35.5. The normalized spacial score (nSPS) is 23.6. The number of rotatable bonds is 2. The van der Waals surface area contributed by atoms with E-state index in [0.29, 0.717) is 31.3 Å². The zero-order valence-corrected chi connectivity index (χ0v) is 13.3. The van der Waals surface area contributed by atoms with E-state index in [-0.39, 0.29) is 11.2 Å². The summed E-state index contributed by atoms with van der Waals surface area (Å²) in [6, 6.07) is 5.60. The summed E-state index contributed by atoms with van der Waals surface area (Å²) in [6.07, 6.45) is 1.30.